The average molecular weight is 437 g/mol. The van der Waals surface area contributed by atoms with Crippen LogP contribution in [0.5, 0.6) is 0 Å². The maximum Gasteiger partial charge on any atom is 0.269 e. The van der Waals surface area contributed by atoms with Crippen LogP contribution >= 0.6 is 0 Å². The van der Waals surface area contributed by atoms with Crippen molar-refractivity contribution in [2.75, 3.05) is 5.32 Å². The summed E-state index contributed by atoms with van der Waals surface area (Å²) in [5.74, 6) is -2.11. The van der Waals surface area contributed by atoms with Crippen LogP contribution < -0.4 is 10.9 Å². The summed E-state index contributed by atoms with van der Waals surface area (Å²) in [5, 5.41) is 2.81. The van der Waals surface area contributed by atoms with E-state index >= 15 is 0 Å². The molecule has 3 heterocycles. The van der Waals surface area contributed by atoms with Gasteiger partial charge in [-0.15, -0.1) is 0 Å². The molecule has 11 heteroatoms. The van der Waals surface area contributed by atoms with Gasteiger partial charge in [0.1, 0.15) is 40.5 Å². The normalized spacial score (nSPS) is 12.4. The van der Waals surface area contributed by atoms with Gasteiger partial charge in [-0.25, -0.2) is 33.1 Å². The summed E-state index contributed by atoms with van der Waals surface area (Å²) in [6.07, 6.45) is 2.78. The topological polar surface area (TPSA) is 101 Å². The van der Waals surface area contributed by atoms with Crippen molar-refractivity contribution in [3.63, 3.8) is 0 Å². The van der Waals surface area contributed by atoms with E-state index in [9.17, 15) is 18.0 Å². The van der Waals surface area contributed by atoms with Gasteiger partial charge in [0.15, 0.2) is 11.5 Å². The van der Waals surface area contributed by atoms with Crippen molar-refractivity contribution in [2.45, 2.75) is 13.0 Å². The van der Waals surface area contributed by atoms with E-state index in [0.29, 0.717) is 23.0 Å². The van der Waals surface area contributed by atoms with Gasteiger partial charge in [0.05, 0.1) is 23.6 Å². The van der Waals surface area contributed by atoms with Crippen LogP contribution in [0.3, 0.4) is 0 Å². The molecule has 1 atom stereocenters. The Balaban J connectivity index is 1.74. The van der Waals surface area contributed by atoms with Gasteiger partial charge in [0, 0.05) is 6.07 Å². The van der Waals surface area contributed by atoms with Crippen LogP contribution in [-0.4, -0.2) is 29.5 Å². The van der Waals surface area contributed by atoms with E-state index in [-0.39, 0.29) is 22.4 Å². The predicted molar refractivity (Wildman–Crippen MR) is 111 cm³/mol. The molecule has 1 unspecified atom stereocenters. The Bertz CT molecular complexity index is 1530. The van der Waals surface area contributed by atoms with E-state index in [0.717, 1.165) is 22.8 Å². The molecule has 5 aromatic rings. The minimum absolute atomic E-state index is 0.0976. The number of benzene rings is 2. The summed E-state index contributed by atoms with van der Waals surface area (Å²) in [6.45, 7) is 1.68. The SMILES string of the molecule is CC(Nc1ncnc2[nH]cnc12)c1nc2cccc(F)c2c(=O)n1-c1cc(F)cc(F)c1. The lowest BCUT2D eigenvalue weighted by atomic mass is 10.2. The number of hydrogen-bond acceptors (Lipinski definition) is 6. The van der Waals surface area contributed by atoms with E-state index in [1.807, 2.05) is 0 Å². The Kier molecular flexibility index (Phi) is 4.58. The van der Waals surface area contributed by atoms with Gasteiger partial charge in [0.2, 0.25) is 0 Å². The first-order chi connectivity index (χ1) is 15.4. The largest absolute Gasteiger partial charge is 0.358 e. The maximum atomic E-state index is 14.5. The van der Waals surface area contributed by atoms with E-state index in [1.165, 1.54) is 24.8 Å². The van der Waals surface area contributed by atoms with E-state index in [2.05, 4.69) is 30.2 Å². The van der Waals surface area contributed by atoms with Crippen LogP contribution in [0.25, 0.3) is 27.8 Å². The molecule has 0 fully saturated rings. The van der Waals surface area contributed by atoms with Gasteiger partial charge in [-0.3, -0.25) is 9.36 Å². The first-order valence-electron chi connectivity index (χ1n) is 9.50. The Morgan fingerprint density at radius 2 is 1.84 bits per heavy atom. The van der Waals surface area contributed by atoms with Gasteiger partial charge >= 0.3 is 0 Å². The second-order valence-electron chi connectivity index (χ2n) is 7.06. The quantitative estimate of drug-likeness (QED) is 0.445. The summed E-state index contributed by atoms with van der Waals surface area (Å²) in [5.41, 5.74) is 0.139. The van der Waals surface area contributed by atoms with Crippen molar-refractivity contribution in [2.24, 2.45) is 0 Å². The highest BCUT2D eigenvalue weighted by molar-refractivity contribution is 5.82. The Morgan fingerprint density at radius 1 is 1.06 bits per heavy atom. The van der Waals surface area contributed by atoms with Crippen LogP contribution in [0.1, 0.15) is 18.8 Å². The van der Waals surface area contributed by atoms with Gasteiger partial charge in [-0.1, -0.05) is 6.07 Å². The zero-order valence-corrected chi connectivity index (χ0v) is 16.5. The molecule has 0 aliphatic rings. The molecular formula is C21H14F3N7O. The minimum atomic E-state index is -0.888. The van der Waals surface area contributed by atoms with Gasteiger partial charge in [0.25, 0.3) is 5.56 Å². The fourth-order valence-corrected chi connectivity index (χ4v) is 3.56. The predicted octanol–water partition coefficient (Wildman–Crippen LogP) is 3.64. The molecule has 160 valence electrons. The highest BCUT2D eigenvalue weighted by Crippen LogP contribution is 2.25. The number of aromatic nitrogens is 6. The van der Waals surface area contributed by atoms with Crippen LogP contribution in [0.4, 0.5) is 19.0 Å². The number of nitrogens with one attached hydrogen (secondary N) is 2. The lowest BCUT2D eigenvalue weighted by Gasteiger charge is -2.20. The zero-order chi connectivity index (χ0) is 22.4. The maximum absolute atomic E-state index is 14.5. The van der Waals surface area contributed by atoms with Crippen molar-refractivity contribution in [1.82, 2.24) is 29.5 Å². The minimum Gasteiger partial charge on any atom is -0.358 e. The Morgan fingerprint density at radius 3 is 2.62 bits per heavy atom. The van der Waals surface area contributed by atoms with E-state index in [4.69, 9.17) is 0 Å². The number of rotatable bonds is 4. The summed E-state index contributed by atoms with van der Waals surface area (Å²) in [7, 11) is 0. The molecule has 0 spiro atoms. The molecule has 0 saturated carbocycles. The lowest BCUT2D eigenvalue weighted by molar-refractivity contribution is 0.579. The number of imidazole rings is 1. The second-order valence-corrected chi connectivity index (χ2v) is 7.06. The monoisotopic (exact) mass is 437 g/mol. The summed E-state index contributed by atoms with van der Waals surface area (Å²) in [6, 6.07) is 5.98. The third kappa shape index (κ3) is 3.23. The fourth-order valence-electron chi connectivity index (χ4n) is 3.56. The second kappa shape index (κ2) is 7.45. The van der Waals surface area contributed by atoms with Gasteiger partial charge in [-0.2, -0.15) is 0 Å². The van der Waals surface area contributed by atoms with E-state index < -0.39 is 29.1 Å². The molecule has 0 saturated heterocycles. The number of nitrogens with zero attached hydrogens (tertiary/aromatic N) is 5. The third-order valence-electron chi connectivity index (χ3n) is 4.94. The van der Waals surface area contributed by atoms with Crippen LogP contribution in [0.15, 0.2) is 53.8 Å². The molecule has 5 rings (SSSR count). The number of fused-ring (bicyclic) bond motifs is 2. The first kappa shape index (κ1) is 19.7. The van der Waals surface area contributed by atoms with Crippen molar-refractivity contribution in [3.8, 4) is 5.69 Å². The Labute approximate surface area is 177 Å². The summed E-state index contributed by atoms with van der Waals surface area (Å²) in [4.78, 5) is 33.0. The van der Waals surface area contributed by atoms with Crippen molar-refractivity contribution >= 4 is 27.9 Å². The van der Waals surface area contributed by atoms with Crippen LogP contribution in [0, 0.1) is 17.5 Å². The molecule has 2 N–H and O–H groups in total. The molecular weight excluding hydrogens is 423 g/mol. The van der Waals surface area contributed by atoms with Crippen molar-refractivity contribution in [3.05, 3.63) is 82.7 Å². The van der Waals surface area contributed by atoms with Gasteiger partial charge < -0.3 is 10.3 Å². The van der Waals surface area contributed by atoms with Crippen molar-refractivity contribution in [1.29, 1.82) is 0 Å². The number of hydrogen-bond donors (Lipinski definition) is 2. The highest BCUT2D eigenvalue weighted by atomic mass is 19.1. The Hall–Kier alpha value is -4.28. The number of H-pyrrole nitrogens is 1. The molecule has 0 bridgehead atoms. The number of aromatic amines is 1. The molecule has 0 amide bonds. The molecule has 32 heavy (non-hydrogen) atoms. The van der Waals surface area contributed by atoms with E-state index in [1.54, 1.807) is 6.92 Å². The average Bonchev–Trinajstić information content (AvgIpc) is 3.22. The van der Waals surface area contributed by atoms with Crippen LogP contribution in [-0.2, 0) is 0 Å². The first-order valence-corrected chi connectivity index (χ1v) is 9.50. The smallest absolute Gasteiger partial charge is 0.269 e. The standard InChI is InChI=1S/C21H14F3N7O/c1-10(29-19-17-18(26-8-25-17)27-9-28-19)20-30-15-4-2-3-14(24)16(15)21(32)31(20)13-6-11(22)5-12(23)7-13/h2-10H,1H3,(H2,25,26,27,28,29). The number of halogens is 3. The summed E-state index contributed by atoms with van der Waals surface area (Å²) < 4.78 is 43.4. The fraction of sp³-hybridized carbons (Fsp3) is 0.0952. The molecule has 0 aliphatic carbocycles. The van der Waals surface area contributed by atoms with Crippen molar-refractivity contribution < 1.29 is 13.2 Å². The zero-order valence-electron chi connectivity index (χ0n) is 16.5. The third-order valence-corrected chi connectivity index (χ3v) is 4.94. The molecule has 0 aliphatic heterocycles. The summed E-state index contributed by atoms with van der Waals surface area (Å²) >= 11 is 0. The molecule has 2 aromatic carbocycles. The molecule has 3 aromatic heterocycles. The lowest BCUT2D eigenvalue weighted by Crippen LogP contribution is -2.28. The van der Waals surface area contributed by atoms with Crippen LogP contribution in [0.2, 0.25) is 0 Å². The van der Waals surface area contributed by atoms with Gasteiger partial charge in [-0.05, 0) is 31.2 Å². The number of anilines is 1. The molecule has 0 radical (unpaired) electrons. The molecule has 8 nitrogen and oxygen atoms in total. The highest BCUT2D eigenvalue weighted by Gasteiger charge is 2.22.